The third-order valence-electron chi connectivity index (χ3n) is 8.73. The van der Waals surface area contributed by atoms with E-state index < -0.39 is 125 Å². The number of furan rings is 1. The quantitative estimate of drug-likeness (QED) is 0.165. The van der Waals surface area contributed by atoms with Crippen LogP contribution in [0.5, 0.6) is 0 Å². The van der Waals surface area contributed by atoms with Crippen LogP contribution in [-0.4, -0.2) is 15.0 Å². The maximum absolute atomic E-state index is 9.65. The lowest BCUT2D eigenvalue weighted by atomic mass is 9.98. The van der Waals surface area contributed by atoms with Gasteiger partial charge in [-0.25, -0.2) is 15.0 Å². The first kappa shape index (κ1) is 18.9. The van der Waals surface area contributed by atoms with Crippen molar-refractivity contribution >= 4 is 49.8 Å². The molecule has 0 spiro atoms. The Labute approximate surface area is 335 Å². The summed E-state index contributed by atoms with van der Waals surface area (Å²) in [4.78, 5) is 15.2. The van der Waals surface area contributed by atoms with Gasteiger partial charge < -0.3 is 9.32 Å². The summed E-state index contributed by atoms with van der Waals surface area (Å²) >= 11 is 0. The highest BCUT2D eigenvalue weighted by atomic mass is 16.3. The van der Waals surface area contributed by atoms with Gasteiger partial charge in [0.15, 0.2) is 17.5 Å². The molecule has 0 unspecified atom stereocenters. The van der Waals surface area contributed by atoms with E-state index in [1.807, 2.05) is 66.7 Å². The Hall–Kier alpha value is -7.37. The molecule has 0 amide bonds. The zero-order valence-corrected chi connectivity index (χ0v) is 27.9. The van der Waals surface area contributed by atoms with Gasteiger partial charge in [-0.05, 0) is 82.4 Å². The van der Waals surface area contributed by atoms with Crippen LogP contribution in [0.3, 0.4) is 0 Å². The number of fused-ring (bicyclic) bond motifs is 4. The number of anilines is 3. The summed E-state index contributed by atoms with van der Waals surface area (Å²) in [6, 6.07) is 16.0. The number of hydrogen-bond acceptors (Lipinski definition) is 5. The van der Waals surface area contributed by atoms with Crippen LogP contribution in [0, 0.1) is 0 Å². The molecule has 0 N–H and O–H groups in total. The van der Waals surface area contributed by atoms with Crippen LogP contribution in [-0.2, 0) is 0 Å². The second-order valence-electron chi connectivity index (χ2n) is 12.0. The number of hydrogen-bond donors (Lipinski definition) is 0. The predicted molar refractivity (Wildman–Crippen MR) is 221 cm³/mol. The minimum atomic E-state index is -0.927. The Morgan fingerprint density at radius 1 is 0.444 bits per heavy atom. The van der Waals surface area contributed by atoms with Gasteiger partial charge in [-0.15, -0.1) is 0 Å². The molecule has 0 fully saturated rings. The Morgan fingerprint density at radius 2 is 1.07 bits per heavy atom. The third-order valence-corrected chi connectivity index (χ3v) is 8.73. The van der Waals surface area contributed by atoms with E-state index in [1.54, 1.807) is 30.3 Å². The molecule has 0 radical (unpaired) electrons. The van der Waals surface area contributed by atoms with Crippen molar-refractivity contribution in [3.8, 4) is 45.3 Å². The molecule has 0 atom stereocenters. The van der Waals surface area contributed by atoms with Crippen LogP contribution in [0.1, 0.15) is 21.9 Å². The zero-order chi connectivity index (χ0) is 49.8. The van der Waals surface area contributed by atoms with Crippen LogP contribution < -0.4 is 4.90 Å². The second-order valence-corrected chi connectivity index (χ2v) is 12.0. The average Bonchev–Trinajstić information content (AvgIpc) is 3.75. The summed E-state index contributed by atoms with van der Waals surface area (Å²) in [5, 5.41) is 0.314. The van der Waals surface area contributed by atoms with Gasteiger partial charge in [0.25, 0.3) is 0 Å². The highest BCUT2D eigenvalue weighted by molar-refractivity contribution is 6.12. The van der Waals surface area contributed by atoms with Crippen LogP contribution in [0.25, 0.3) is 78.0 Å². The van der Waals surface area contributed by atoms with Crippen LogP contribution in [0.15, 0.2) is 198 Å². The molecular formula is C49H32N4O. The maximum Gasteiger partial charge on any atom is 0.164 e. The second kappa shape index (κ2) is 13.3. The minimum absolute atomic E-state index is 0.187. The molecule has 0 bridgehead atoms. The van der Waals surface area contributed by atoms with Gasteiger partial charge in [-0.1, -0.05) is 133 Å². The standard InChI is InChI=1S/C49H32N4O/c1-5-14-34(15-6-1)47-50-48(35-16-7-2-8-17-35)52-49(51-47)43-22-13-23-44-46(43)42-29-27-37(32-45(42)54-44)36-25-24-33-26-28-41(31-38(33)30-36)53(39-18-9-3-10-19-39)40-20-11-4-12-21-40/h1-32H/i3D,4D,9D,10D,11D,12D,18D,19D,20D,21D,24D,25D,26D,28D,30D,31D. The maximum atomic E-state index is 9.65. The molecule has 0 saturated heterocycles. The molecule has 254 valence electrons. The van der Waals surface area contributed by atoms with E-state index in [9.17, 15) is 8.22 Å². The lowest BCUT2D eigenvalue weighted by molar-refractivity contribution is 0.669. The van der Waals surface area contributed by atoms with Crippen LogP contribution in [0.4, 0.5) is 17.1 Å². The fourth-order valence-corrected chi connectivity index (χ4v) is 6.26. The summed E-state index contributed by atoms with van der Waals surface area (Å²) in [5.74, 6) is 1.25. The van der Waals surface area contributed by atoms with E-state index in [0.717, 1.165) is 11.1 Å². The molecule has 0 saturated carbocycles. The van der Waals surface area contributed by atoms with Gasteiger partial charge in [-0.2, -0.15) is 0 Å². The number of nitrogens with zero attached hydrogens (tertiary/aromatic N) is 4. The van der Waals surface area contributed by atoms with Crippen molar-refractivity contribution in [2.24, 2.45) is 0 Å². The molecule has 0 aliphatic carbocycles. The molecule has 10 aromatic rings. The van der Waals surface area contributed by atoms with E-state index in [2.05, 4.69) is 0 Å². The lowest BCUT2D eigenvalue weighted by Crippen LogP contribution is -2.09. The van der Waals surface area contributed by atoms with Gasteiger partial charge in [0.1, 0.15) is 11.2 Å². The minimum Gasteiger partial charge on any atom is -0.456 e. The summed E-state index contributed by atoms with van der Waals surface area (Å²) < 4.78 is 148. The van der Waals surface area contributed by atoms with Gasteiger partial charge >= 0.3 is 0 Å². The van der Waals surface area contributed by atoms with E-state index in [-0.39, 0.29) is 11.1 Å². The van der Waals surface area contributed by atoms with Crippen LogP contribution >= 0.6 is 0 Å². The molecule has 10 rings (SSSR count). The highest BCUT2D eigenvalue weighted by Gasteiger charge is 2.19. The first-order valence-corrected chi connectivity index (χ1v) is 16.7. The Kier molecular flexibility index (Phi) is 4.66. The molecule has 2 aromatic heterocycles. The molecule has 0 aliphatic rings. The van der Waals surface area contributed by atoms with Crippen molar-refractivity contribution in [1.82, 2.24) is 15.0 Å². The monoisotopic (exact) mass is 708 g/mol. The molecule has 2 heterocycles. The number of benzene rings is 8. The van der Waals surface area contributed by atoms with Gasteiger partial charge in [-0.3, -0.25) is 0 Å². The van der Waals surface area contributed by atoms with E-state index in [4.69, 9.17) is 33.1 Å². The summed E-state index contributed by atoms with van der Waals surface area (Å²) in [7, 11) is 0. The fraction of sp³-hybridized carbons (Fsp3) is 0. The molecule has 5 heteroatoms. The predicted octanol–water partition coefficient (Wildman–Crippen LogP) is 13.1. The first-order valence-electron chi connectivity index (χ1n) is 24.7. The third kappa shape index (κ3) is 5.74. The Morgan fingerprint density at radius 3 is 1.74 bits per heavy atom. The SMILES string of the molecule is [2H]c1c([2H])c([2H])c(N(c2c([2H])c([2H])c([2H])c([2H])c2[2H])c2c([2H])c([2H])c3c([2H])c([2H])c(-c4ccc5c(c4)oc4cccc(-c6nc(-c7ccccc7)nc(-c7ccccc7)n6)c45)c([2H])c3c2[2H])c([2H])c1[2H]. The smallest absolute Gasteiger partial charge is 0.164 e. The largest absolute Gasteiger partial charge is 0.456 e. The van der Waals surface area contributed by atoms with Crippen molar-refractivity contribution in [3.63, 3.8) is 0 Å². The van der Waals surface area contributed by atoms with Crippen molar-refractivity contribution in [2.45, 2.75) is 0 Å². The summed E-state index contributed by atoms with van der Waals surface area (Å²) in [6.45, 7) is 0. The fourth-order valence-electron chi connectivity index (χ4n) is 6.26. The number of aromatic nitrogens is 3. The van der Waals surface area contributed by atoms with Gasteiger partial charge in [0.05, 0.1) is 21.9 Å². The van der Waals surface area contributed by atoms with E-state index >= 15 is 0 Å². The average molecular weight is 709 g/mol. The molecular weight excluding hydrogens is 661 g/mol. The summed E-state index contributed by atoms with van der Waals surface area (Å²) in [6.07, 6.45) is 0. The van der Waals surface area contributed by atoms with Gasteiger partial charge in [0, 0.05) is 44.5 Å². The lowest BCUT2D eigenvalue weighted by Gasteiger charge is -2.25. The molecule has 0 aliphatic heterocycles. The normalized spacial score (nSPS) is 15.5. The van der Waals surface area contributed by atoms with E-state index in [0.29, 0.717) is 49.9 Å². The van der Waals surface area contributed by atoms with Crippen molar-refractivity contribution < 1.29 is 26.3 Å². The van der Waals surface area contributed by atoms with Crippen molar-refractivity contribution in [1.29, 1.82) is 0 Å². The molecule has 5 nitrogen and oxygen atoms in total. The first-order chi connectivity index (χ1) is 33.4. The number of rotatable bonds is 7. The van der Waals surface area contributed by atoms with Crippen molar-refractivity contribution in [2.75, 3.05) is 4.90 Å². The molecule has 8 aromatic carbocycles. The molecule has 54 heavy (non-hydrogen) atoms. The Balaban J connectivity index is 1.21. The summed E-state index contributed by atoms with van der Waals surface area (Å²) in [5.41, 5.74) is 0.515. The Bertz CT molecular complexity index is 3690. The number of para-hydroxylation sites is 2. The topological polar surface area (TPSA) is 55.1 Å². The zero-order valence-electron chi connectivity index (χ0n) is 43.9. The van der Waals surface area contributed by atoms with Crippen LogP contribution in [0.2, 0.25) is 0 Å². The van der Waals surface area contributed by atoms with E-state index in [1.165, 1.54) is 0 Å². The van der Waals surface area contributed by atoms with Crippen molar-refractivity contribution in [3.05, 3.63) is 194 Å². The van der Waals surface area contributed by atoms with Gasteiger partial charge in [0.2, 0.25) is 0 Å². The highest BCUT2D eigenvalue weighted by Crippen LogP contribution is 2.40.